The minimum Gasteiger partial charge on any atom is -0.481 e. The van der Waals surface area contributed by atoms with Crippen LogP contribution in [-0.2, 0) is 17.8 Å². The minimum atomic E-state index is -0.803. The Morgan fingerprint density at radius 2 is 1.96 bits per heavy atom. The van der Waals surface area contributed by atoms with E-state index in [1.807, 2.05) is 30.3 Å². The van der Waals surface area contributed by atoms with Gasteiger partial charge in [0.15, 0.2) is 0 Å². The second-order valence-corrected chi connectivity index (χ2v) is 7.71. The summed E-state index contributed by atoms with van der Waals surface area (Å²) < 4.78 is 16.3. The molecule has 1 N–H and O–H groups in total. The Bertz CT molecular complexity index is 994. The molecule has 3 aromatic rings. The molecule has 5 heteroatoms. The lowest BCUT2D eigenvalue weighted by Crippen LogP contribution is -2.08. The van der Waals surface area contributed by atoms with Gasteiger partial charge in [-0.1, -0.05) is 30.2 Å². The summed E-state index contributed by atoms with van der Waals surface area (Å²) >= 11 is 6.01. The summed E-state index contributed by atoms with van der Waals surface area (Å²) in [4.78, 5) is 11.4. The van der Waals surface area contributed by atoms with E-state index in [0.29, 0.717) is 11.6 Å². The molecule has 0 saturated carbocycles. The zero-order valence-electron chi connectivity index (χ0n) is 14.9. The van der Waals surface area contributed by atoms with E-state index >= 15 is 0 Å². The molecule has 0 radical (unpaired) electrons. The van der Waals surface area contributed by atoms with Gasteiger partial charge in [-0.3, -0.25) is 4.79 Å². The molecule has 0 saturated heterocycles. The van der Waals surface area contributed by atoms with Crippen molar-refractivity contribution in [3.8, 4) is 0 Å². The monoisotopic (exact) mass is 385 g/mol. The van der Waals surface area contributed by atoms with Crippen LogP contribution in [0.25, 0.3) is 10.9 Å². The summed E-state index contributed by atoms with van der Waals surface area (Å²) in [5.41, 5.74) is 4.25. The van der Waals surface area contributed by atoms with Crippen LogP contribution in [0.5, 0.6) is 0 Å². The first kappa shape index (κ1) is 18.1. The van der Waals surface area contributed by atoms with E-state index in [1.54, 1.807) is 6.07 Å². The SMILES string of the molecule is O=C(O)CC1CCCCc2c1c1cc(F)ccc1n2Cc1ccc(Cl)cc1. The zero-order valence-corrected chi connectivity index (χ0v) is 15.7. The van der Waals surface area contributed by atoms with Gasteiger partial charge in [0.25, 0.3) is 0 Å². The van der Waals surface area contributed by atoms with Crippen molar-refractivity contribution in [3.05, 3.63) is 70.1 Å². The molecule has 3 nitrogen and oxygen atoms in total. The zero-order chi connectivity index (χ0) is 19.0. The molecule has 1 aliphatic rings. The number of fused-ring (bicyclic) bond motifs is 3. The predicted octanol–water partition coefficient (Wildman–Crippen LogP) is 5.77. The van der Waals surface area contributed by atoms with Crippen molar-refractivity contribution < 1.29 is 14.3 Å². The Morgan fingerprint density at radius 1 is 1.19 bits per heavy atom. The molecule has 0 amide bonds. The Balaban J connectivity index is 1.89. The predicted molar refractivity (Wildman–Crippen MR) is 105 cm³/mol. The highest BCUT2D eigenvalue weighted by molar-refractivity contribution is 6.30. The molecule has 1 unspecified atom stereocenters. The van der Waals surface area contributed by atoms with Gasteiger partial charge in [-0.2, -0.15) is 0 Å². The number of benzene rings is 2. The van der Waals surface area contributed by atoms with Gasteiger partial charge in [-0.05, 0) is 66.6 Å². The number of aliphatic carboxylic acids is 1. The normalized spacial score (nSPS) is 16.9. The fraction of sp³-hybridized carbons (Fsp3) is 0.318. The van der Waals surface area contributed by atoms with E-state index in [-0.39, 0.29) is 18.2 Å². The number of carbonyl (C=O) groups is 1. The number of rotatable bonds is 4. The van der Waals surface area contributed by atoms with Crippen molar-refractivity contribution in [2.45, 2.75) is 44.6 Å². The Kier molecular flexibility index (Phi) is 4.92. The van der Waals surface area contributed by atoms with Crippen molar-refractivity contribution in [2.24, 2.45) is 0 Å². The topological polar surface area (TPSA) is 42.2 Å². The van der Waals surface area contributed by atoms with Crippen LogP contribution < -0.4 is 0 Å². The highest BCUT2D eigenvalue weighted by atomic mass is 35.5. The van der Waals surface area contributed by atoms with E-state index in [1.165, 1.54) is 6.07 Å². The molecule has 0 spiro atoms. The Morgan fingerprint density at radius 3 is 2.70 bits per heavy atom. The number of hydrogen-bond donors (Lipinski definition) is 1. The van der Waals surface area contributed by atoms with Gasteiger partial charge >= 0.3 is 5.97 Å². The quantitative estimate of drug-likeness (QED) is 0.579. The number of nitrogens with zero attached hydrogens (tertiary/aromatic N) is 1. The molecule has 0 bridgehead atoms. The summed E-state index contributed by atoms with van der Waals surface area (Å²) in [5.74, 6) is -1.16. The molecule has 140 valence electrons. The van der Waals surface area contributed by atoms with Crippen LogP contribution in [0.2, 0.25) is 5.02 Å². The van der Waals surface area contributed by atoms with E-state index in [2.05, 4.69) is 4.57 Å². The van der Waals surface area contributed by atoms with Crippen LogP contribution in [0.15, 0.2) is 42.5 Å². The summed E-state index contributed by atoms with van der Waals surface area (Å²) in [7, 11) is 0. The maximum atomic E-state index is 14.0. The number of halogens is 2. The highest BCUT2D eigenvalue weighted by Gasteiger charge is 2.28. The molecule has 4 rings (SSSR count). The maximum absolute atomic E-state index is 14.0. The van der Waals surface area contributed by atoms with Gasteiger partial charge in [-0.25, -0.2) is 4.39 Å². The van der Waals surface area contributed by atoms with E-state index in [4.69, 9.17) is 11.6 Å². The van der Waals surface area contributed by atoms with Crippen LogP contribution >= 0.6 is 11.6 Å². The molecule has 1 aliphatic carbocycles. The number of carboxylic acids is 1. The summed E-state index contributed by atoms with van der Waals surface area (Å²) in [6, 6.07) is 12.6. The van der Waals surface area contributed by atoms with Crippen molar-refractivity contribution in [2.75, 3.05) is 0 Å². The summed E-state index contributed by atoms with van der Waals surface area (Å²) in [6.07, 6.45) is 3.81. The standard InChI is InChI=1S/C22H21ClFNO2/c23-16-7-5-14(6-8-16)13-25-19-10-9-17(24)12-18(19)22-15(11-21(26)27)3-1-2-4-20(22)25/h5-10,12,15H,1-4,11,13H2,(H,26,27). The van der Waals surface area contributed by atoms with Gasteiger partial charge in [-0.15, -0.1) is 0 Å². The van der Waals surface area contributed by atoms with Crippen LogP contribution in [0, 0.1) is 5.82 Å². The molecule has 1 aromatic heterocycles. The molecular formula is C22H21ClFNO2. The summed E-state index contributed by atoms with van der Waals surface area (Å²) in [5, 5.41) is 10.9. The molecule has 1 heterocycles. The lowest BCUT2D eigenvalue weighted by molar-refractivity contribution is -0.137. The van der Waals surface area contributed by atoms with Crippen LogP contribution in [0.4, 0.5) is 4.39 Å². The van der Waals surface area contributed by atoms with Crippen molar-refractivity contribution in [3.63, 3.8) is 0 Å². The fourth-order valence-corrected chi connectivity index (χ4v) is 4.45. The lowest BCUT2D eigenvalue weighted by Gasteiger charge is -2.14. The third-order valence-corrected chi connectivity index (χ3v) is 5.73. The Labute approximate surface area is 162 Å². The summed E-state index contributed by atoms with van der Waals surface area (Å²) in [6.45, 7) is 0.661. The van der Waals surface area contributed by atoms with Gasteiger partial charge in [0.2, 0.25) is 0 Å². The second kappa shape index (κ2) is 7.35. The third-order valence-electron chi connectivity index (χ3n) is 5.48. The fourth-order valence-electron chi connectivity index (χ4n) is 4.33. The van der Waals surface area contributed by atoms with Gasteiger partial charge < -0.3 is 9.67 Å². The van der Waals surface area contributed by atoms with E-state index in [9.17, 15) is 14.3 Å². The van der Waals surface area contributed by atoms with Crippen LogP contribution in [0.1, 0.15) is 48.4 Å². The second-order valence-electron chi connectivity index (χ2n) is 7.28. The molecular weight excluding hydrogens is 365 g/mol. The van der Waals surface area contributed by atoms with Crippen molar-refractivity contribution in [1.29, 1.82) is 0 Å². The van der Waals surface area contributed by atoms with Crippen LogP contribution in [-0.4, -0.2) is 15.6 Å². The third kappa shape index (κ3) is 3.59. The van der Waals surface area contributed by atoms with Crippen LogP contribution in [0.3, 0.4) is 0 Å². The molecule has 27 heavy (non-hydrogen) atoms. The average Bonchev–Trinajstić information content (AvgIpc) is 2.77. The largest absolute Gasteiger partial charge is 0.481 e. The first-order valence-corrected chi connectivity index (χ1v) is 9.67. The lowest BCUT2D eigenvalue weighted by atomic mass is 9.90. The van der Waals surface area contributed by atoms with Crippen molar-refractivity contribution >= 4 is 28.5 Å². The molecule has 2 aromatic carbocycles. The number of carboxylic acid groups (broad SMARTS) is 1. The van der Waals surface area contributed by atoms with E-state index in [0.717, 1.165) is 53.4 Å². The highest BCUT2D eigenvalue weighted by Crippen LogP contribution is 2.40. The van der Waals surface area contributed by atoms with Gasteiger partial charge in [0, 0.05) is 28.2 Å². The number of aromatic nitrogens is 1. The van der Waals surface area contributed by atoms with E-state index < -0.39 is 5.97 Å². The molecule has 1 atom stereocenters. The molecule has 0 aliphatic heterocycles. The Hall–Kier alpha value is -2.33. The smallest absolute Gasteiger partial charge is 0.303 e. The first-order chi connectivity index (χ1) is 13.0. The van der Waals surface area contributed by atoms with Gasteiger partial charge in [0.1, 0.15) is 5.82 Å². The van der Waals surface area contributed by atoms with Crippen molar-refractivity contribution in [1.82, 2.24) is 4.57 Å². The minimum absolute atomic E-state index is 0.0734. The first-order valence-electron chi connectivity index (χ1n) is 9.29. The number of hydrogen-bond acceptors (Lipinski definition) is 1. The van der Waals surface area contributed by atoms with Gasteiger partial charge in [0.05, 0.1) is 6.42 Å². The average molecular weight is 386 g/mol. The maximum Gasteiger partial charge on any atom is 0.303 e. The molecule has 0 fully saturated rings.